The molecule has 0 saturated heterocycles. The van der Waals surface area contributed by atoms with Crippen molar-refractivity contribution in [1.29, 1.82) is 0 Å². The van der Waals surface area contributed by atoms with Gasteiger partial charge in [0.15, 0.2) is 0 Å². The van der Waals surface area contributed by atoms with Crippen LogP contribution in [0.4, 0.5) is 0 Å². The Kier molecular flexibility index (Phi) is 4.09. The first-order chi connectivity index (χ1) is 7.06. The number of hydrogen-bond donors (Lipinski definition) is 1. The third-order valence-corrected chi connectivity index (χ3v) is 2.68. The van der Waals surface area contributed by atoms with Crippen LogP contribution in [0.2, 0.25) is 0 Å². The van der Waals surface area contributed by atoms with Crippen LogP contribution in [-0.2, 0) is 13.0 Å². The molecule has 3 nitrogen and oxygen atoms in total. The smallest absolute Gasteiger partial charge is 0.0628 e. The summed E-state index contributed by atoms with van der Waals surface area (Å²) in [7, 11) is 0. The van der Waals surface area contributed by atoms with E-state index >= 15 is 0 Å². The van der Waals surface area contributed by atoms with Crippen LogP contribution in [0.1, 0.15) is 30.3 Å². The summed E-state index contributed by atoms with van der Waals surface area (Å²) in [5, 5.41) is 4.52. The van der Waals surface area contributed by atoms with Crippen LogP contribution in [0.25, 0.3) is 0 Å². The van der Waals surface area contributed by atoms with E-state index in [-0.39, 0.29) is 0 Å². The molecule has 1 heterocycles. The average molecular weight is 207 g/mol. The van der Waals surface area contributed by atoms with E-state index < -0.39 is 0 Å². The van der Waals surface area contributed by atoms with E-state index in [4.69, 9.17) is 5.73 Å². The molecule has 0 aromatic carbocycles. The number of hydrogen-bond acceptors (Lipinski definition) is 2. The Morgan fingerprint density at radius 2 is 2.13 bits per heavy atom. The van der Waals surface area contributed by atoms with Crippen LogP contribution >= 0.6 is 0 Å². The van der Waals surface area contributed by atoms with Gasteiger partial charge < -0.3 is 5.73 Å². The second-order valence-electron chi connectivity index (χ2n) is 4.12. The van der Waals surface area contributed by atoms with Crippen LogP contribution < -0.4 is 5.73 Å². The molecular formula is C12H21N3. The molecule has 0 fully saturated rings. The molecule has 2 N–H and O–H groups in total. The Bertz CT molecular complexity index is 350. The SMILES string of the molecule is C=C(C)CCn1nc(C)c(CCN)c1C. The van der Waals surface area contributed by atoms with E-state index in [0.717, 1.165) is 25.1 Å². The molecule has 0 atom stereocenters. The number of aromatic nitrogens is 2. The minimum atomic E-state index is 0.688. The van der Waals surface area contributed by atoms with Gasteiger partial charge in [0.25, 0.3) is 0 Å². The monoisotopic (exact) mass is 207 g/mol. The zero-order valence-corrected chi connectivity index (χ0v) is 10.0. The Morgan fingerprint density at radius 3 is 2.67 bits per heavy atom. The van der Waals surface area contributed by atoms with E-state index in [0.29, 0.717) is 6.54 Å². The molecule has 0 spiro atoms. The summed E-state index contributed by atoms with van der Waals surface area (Å²) in [6, 6.07) is 0. The zero-order valence-electron chi connectivity index (χ0n) is 10.0. The maximum atomic E-state index is 5.58. The van der Waals surface area contributed by atoms with Crippen molar-refractivity contribution in [2.45, 2.75) is 40.2 Å². The van der Waals surface area contributed by atoms with Crippen LogP contribution in [0, 0.1) is 13.8 Å². The van der Waals surface area contributed by atoms with E-state index in [1.54, 1.807) is 0 Å². The molecule has 0 aliphatic carbocycles. The molecule has 0 unspecified atom stereocenters. The Labute approximate surface area is 92.0 Å². The highest BCUT2D eigenvalue weighted by Crippen LogP contribution is 2.14. The van der Waals surface area contributed by atoms with Crippen molar-refractivity contribution >= 4 is 0 Å². The molecule has 1 aromatic rings. The number of nitrogens with two attached hydrogens (primary N) is 1. The fourth-order valence-corrected chi connectivity index (χ4v) is 1.75. The number of allylic oxidation sites excluding steroid dienone is 1. The maximum absolute atomic E-state index is 5.58. The summed E-state index contributed by atoms with van der Waals surface area (Å²) in [6.07, 6.45) is 1.91. The summed E-state index contributed by atoms with van der Waals surface area (Å²) in [5.41, 5.74) is 10.4. The van der Waals surface area contributed by atoms with Crippen molar-refractivity contribution in [2.75, 3.05) is 6.54 Å². The van der Waals surface area contributed by atoms with E-state index in [1.165, 1.54) is 16.8 Å². The first-order valence-corrected chi connectivity index (χ1v) is 5.43. The van der Waals surface area contributed by atoms with Gasteiger partial charge in [0.2, 0.25) is 0 Å². The van der Waals surface area contributed by atoms with Crippen LogP contribution in [0.3, 0.4) is 0 Å². The average Bonchev–Trinajstić information content (AvgIpc) is 2.43. The maximum Gasteiger partial charge on any atom is 0.0628 e. The molecule has 15 heavy (non-hydrogen) atoms. The molecule has 0 aliphatic heterocycles. The van der Waals surface area contributed by atoms with Gasteiger partial charge >= 0.3 is 0 Å². The molecular weight excluding hydrogens is 186 g/mol. The van der Waals surface area contributed by atoms with Crippen LogP contribution in [0.15, 0.2) is 12.2 Å². The van der Waals surface area contributed by atoms with Gasteiger partial charge in [-0.1, -0.05) is 5.57 Å². The second kappa shape index (κ2) is 5.12. The second-order valence-corrected chi connectivity index (χ2v) is 4.12. The predicted octanol–water partition coefficient (Wildman–Crippen LogP) is 1.97. The van der Waals surface area contributed by atoms with Crippen LogP contribution in [0.5, 0.6) is 0 Å². The lowest BCUT2D eigenvalue weighted by Crippen LogP contribution is -2.06. The lowest BCUT2D eigenvalue weighted by atomic mass is 10.1. The molecule has 0 saturated carbocycles. The standard InChI is InChI=1S/C12H21N3/c1-9(2)6-8-15-11(4)12(5-7-13)10(3)14-15/h1,5-8,13H2,2-4H3. The van der Waals surface area contributed by atoms with Gasteiger partial charge in [0.1, 0.15) is 0 Å². The minimum Gasteiger partial charge on any atom is -0.330 e. The highest BCUT2D eigenvalue weighted by Gasteiger charge is 2.09. The fraction of sp³-hybridized carbons (Fsp3) is 0.583. The summed E-state index contributed by atoms with van der Waals surface area (Å²) < 4.78 is 2.06. The highest BCUT2D eigenvalue weighted by atomic mass is 15.3. The Morgan fingerprint density at radius 1 is 1.47 bits per heavy atom. The Hall–Kier alpha value is -1.09. The first kappa shape index (κ1) is 12.0. The number of rotatable bonds is 5. The van der Waals surface area contributed by atoms with Gasteiger partial charge in [0, 0.05) is 12.2 Å². The van der Waals surface area contributed by atoms with Crippen molar-refractivity contribution in [3.05, 3.63) is 29.1 Å². The van der Waals surface area contributed by atoms with Crippen molar-refractivity contribution in [1.82, 2.24) is 9.78 Å². The molecule has 1 aromatic heterocycles. The molecule has 0 bridgehead atoms. The summed E-state index contributed by atoms with van der Waals surface area (Å²) >= 11 is 0. The number of aryl methyl sites for hydroxylation is 2. The van der Waals surface area contributed by atoms with Gasteiger partial charge in [-0.15, -0.1) is 6.58 Å². The minimum absolute atomic E-state index is 0.688. The van der Waals surface area contributed by atoms with Gasteiger partial charge in [0.05, 0.1) is 5.69 Å². The zero-order chi connectivity index (χ0) is 11.4. The van der Waals surface area contributed by atoms with E-state index in [1.807, 2.05) is 6.92 Å². The highest BCUT2D eigenvalue weighted by molar-refractivity contribution is 5.24. The lowest BCUT2D eigenvalue weighted by Gasteiger charge is -2.04. The van der Waals surface area contributed by atoms with Crippen molar-refractivity contribution < 1.29 is 0 Å². The normalized spacial score (nSPS) is 10.7. The van der Waals surface area contributed by atoms with Gasteiger partial charge in [-0.25, -0.2) is 0 Å². The molecule has 1 rings (SSSR count). The van der Waals surface area contributed by atoms with Gasteiger partial charge in [-0.2, -0.15) is 5.10 Å². The van der Waals surface area contributed by atoms with Crippen molar-refractivity contribution in [2.24, 2.45) is 5.73 Å². The van der Waals surface area contributed by atoms with Crippen LogP contribution in [-0.4, -0.2) is 16.3 Å². The molecule has 3 heteroatoms. The van der Waals surface area contributed by atoms with Crippen molar-refractivity contribution in [3.8, 4) is 0 Å². The van der Waals surface area contributed by atoms with E-state index in [9.17, 15) is 0 Å². The third-order valence-electron chi connectivity index (χ3n) is 2.68. The summed E-state index contributed by atoms with van der Waals surface area (Å²) in [5.74, 6) is 0. The molecule has 0 radical (unpaired) electrons. The predicted molar refractivity (Wildman–Crippen MR) is 63.9 cm³/mol. The van der Waals surface area contributed by atoms with E-state index in [2.05, 4.69) is 30.2 Å². The van der Waals surface area contributed by atoms with Gasteiger partial charge in [-0.05, 0) is 45.7 Å². The quantitative estimate of drug-likeness (QED) is 0.750. The Balaban J connectivity index is 2.81. The van der Waals surface area contributed by atoms with Crippen molar-refractivity contribution in [3.63, 3.8) is 0 Å². The fourth-order valence-electron chi connectivity index (χ4n) is 1.75. The topological polar surface area (TPSA) is 43.8 Å². The third kappa shape index (κ3) is 2.93. The first-order valence-electron chi connectivity index (χ1n) is 5.43. The summed E-state index contributed by atoms with van der Waals surface area (Å²) in [4.78, 5) is 0. The molecule has 0 amide bonds. The lowest BCUT2D eigenvalue weighted by molar-refractivity contribution is 0.592. The largest absolute Gasteiger partial charge is 0.330 e. The molecule has 84 valence electrons. The summed E-state index contributed by atoms with van der Waals surface area (Å²) in [6.45, 7) is 11.7. The number of nitrogens with zero attached hydrogens (tertiary/aromatic N) is 2. The van der Waals surface area contributed by atoms with Gasteiger partial charge in [-0.3, -0.25) is 4.68 Å². The molecule has 0 aliphatic rings.